The zero-order valence-electron chi connectivity index (χ0n) is 16.9. The van der Waals surface area contributed by atoms with Crippen molar-refractivity contribution in [2.45, 2.75) is 11.8 Å². The van der Waals surface area contributed by atoms with Gasteiger partial charge in [-0.2, -0.15) is 0 Å². The van der Waals surface area contributed by atoms with Gasteiger partial charge in [0.15, 0.2) is 5.13 Å². The van der Waals surface area contributed by atoms with E-state index >= 15 is 0 Å². The molecule has 1 amide bonds. The predicted octanol–water partition coefficient (Wildman–Crippen LogP) is 4.95. The van der Waals surface area contributed by atoms with Crippen molar-refractivity contribution in [1.29, 1.82) is 0 Å². The number of benzene rings is 2. The summed E-state index contributed by atoms with van der Waals surface area (Å²) in [4.78, 5) is 33.3. The number of likely N-dealkylation sites (N-methyl/N-ethyl adjacent to an activating group) is 1. The van der Waals surface area contributed by atoms with Crippen molar-refractivity contribution in [3.05, 3.63) is 58.1 Å². The van der Waals surface area contributed by atoms with Crippen molar-refractivity contribution in [2.75, 3.05) is 37.8 Å². The molecule has 0 saturated carbocycles. The summed E-state index contributed by atoms with van der Waals surface area (Å²) >= 11 is 2.92. The zero-order valence-corrected chi connectivity index (χ0v) is 19.4. The van der Waals surface area contributed by atoms with E-state index in [9.17, 15) is 14.9 Å². The Labute approximate surface area is 189 Å². The zero-order chi connectivity index (χ0) is 21.0. The third kappa shape index (κ3) is 5.48. The number of fused-ring (bicyclic) bond motifs is 1. The van der Waals surface area contributed by atoms with Crippen LogP contribution in [0.15, 0.2) is 47.4 Å². The van der Waals surface area contributed by atoms with Gasteiger partial charge in [-0.05, 0) is 38.0 Å². The molecule has 10 heteroatoms. The number of amides is 1. The molecule has 0 radical (unpaired) electrons. The number of hydrogen-bond donors (Lipinski definition) is 0. The Morgan fingerprint density at radius 1 is 1.20 bits per heavy atom. The van der Waals surface area contributed by atoms with Crippen molar-refractivity contribution in [2.24, 2.45) is 0 Å². The monoisotopic (exact) mass is 466 g/mol. The van der Waals surface area contributed by atoms with Crippen molar-refractivity contribution in [1.82, 2.24) is 9.88 Å². The van der Waals surface area contributed by atoms with E-state index in [4.69, 9.17) is 0 Å². The fourth-order valence-corrected chi connectivity index (χ4v) is 4.60. The molecule has 0 aliphatic heterocycles. The SMILES string of the molecule is CCSc1ccccc1C(=O)N(CCN(C)C)c1nc2ccc([N+](=O)[O-])cc2s1.Cl. The third-order valence-corrected chi connectivity index (χ3v) is 6.23. The van der Waals surface area contributed by atoms with Gasteiger partial charge in [0.1, 0.15) is 0 Å². The van der Waals surface area contributed by atoms with E-state index in [0.29, 0.717) is 34.0 Å². The number of nitro benzene ring substituents is 1. The number of thiazole rings is 1. The number of carbonyl (C=O) groups excluding carboxylic acids is 1. The fraction of sp³-hybridized carbons (Fsp3) is 0.300. The molecular formula is C20H23ClN4O3S2. The lowest BCUT2D eigenvalue weighted by Gasteiger charge is -2.23. The lowest BCUT2D eigenvalue weighted by molar-refractivity contribution is -0.384. The second-order valence-electron chi connectivity index (χ2n) is 6.59. The second-order valence-corrected chi connectivity index (χ2v) is 8.91. The molecule has 1 aromatic heterocycles. The molecule has 0 aliphatic carbocycles. The molecule has 0 unspecified atom stereocenters. The fourth-order valence-electron chi connectivity index (χ4n) is 2.78. The van der Waals surface area contributed by atoms with Gasteiger partial charge in [0.2, 0.25) is 0 Å². The number of aromatic nitrogens is 1. The number of nitrogens with zero attached hydrogens (tertiary/aromatic N) is 4. The Kier molecular flexibility index (Phi) is 8.60. The van der Waals surface area contributed by atoms with Gasteiger partial charge in [0.05, 0.1) is 20.7 Å². The molecule has 1 heterocycles. The maximum Gasteiger partial charge on any atom is 0.270 e. The van der Waals surface area contributed by atoms with E-state index in [-0.39, 0.29) is 24.0 Å². The van der Waals surface area contributed by atoms with Gasteiger partial charge in [-0.3, -0.25) is 19.8 Å². The van der Waals surface area contributed by atoms with Gasteiger partial charge >= 0.3 is 0 Å². The van der Waals surface area contributed by atoms with Gasteiger partial charge in [-0.25, -0.2) is 4.98 Å². The van der Waals surface area contributed by atoms with Crippen LogP contribution in [0.25, 0.3) is 10.2 Å². The molecule has 2 aromatic carbocycles. The molecule has 0 fully saturated rings. The number of rotatable bonds is 8. The summed E-state index contributed by atoms with van der Waals surface area (Å²) in [5.74, 6) is 0.754. The van der Waals surface area contributed by atoms with Crippen molar-refractivity contribution < 1.29 is 9.72 Å². The molecule has 7 nitrogen and oxygen atoms in total. The average Bonchev–Trinajstić information content (AvgIpc) is 3.11. The van der Waals surface area contributed by atoms with Crippen molar-refractivity contribution >= 4 is 62.4 Å². The summed E-state index contributed by atoms with van der Waals surface area (Å²) in [5, 5.41) is 11.6. The first kappa shape index (κ1) is 24.1. The molecule has 30 heavy (non-hydrogen) atoms. The van der Waals surface area contributed by atoms with Gasteiger partial charge in [0, 0.05) is 30.1 Å². The van der Waals surface area contributed by atoms with E-state index in [0.717, 1.165) is 10.6 Å². The van der Waals surface area contributed by atoms with Crippen LogP contribution in [-0.4, -0.2) is 53.7 Å². The van der Waals surface area contributed by atoms with E-state index in [1.807, 2.05) is 43.3 Å². The van der Waals surface area contributed by atoms with Gasteiger partial charge in [-0.15, -0.1) is 24.2 Å². The van der Waals surface area contributed by atoms with E-state index < -0.39 is 4.92 Å². The van der Waals surface area contributed by atoms with Crippen LogP contribution in [0.5, 0.6) is 0 Å². The van der Waals surface area contributed by atoms with Crippen LogP contribution >= 0.6 is 35.5 Å². The van der Waals surface area contributed by atoms with Crippen LogP contribution in [0.2, 0.25) is 0 Å². The van der Waals surface area contributed by atoms with Gasteiger partial charge < -0.3 is 4.90 Å². The minimum Gasteiger partial charge on any atom is -0.308 e. The molecule has 160 valence electrons. The largest absolute Gasteiger partial charge is 0.308 e. The Morgan fingerprint density at radius 3 is 2.60 bits per heavy atom. The van der Waals surface area contributed by atoms with Crippen LogP contribution in [0.1, 0.15) is 17.3 Å². The Hall–Kier alpha value is -2.20. The third-order valence-electron chi connectivity index (χ3n) is 4.24. The lowest BCUT2D eigenvalue weighted by atomic mass is 10.2. The number of hydrogen-bond acceptors (Lipinski definition) is 7. The molecular weight excluding hydrogens is 444 g/mol. The van der Waals surface area contributed by atoms with Crippen molar-refractivity contribution in [3.8, 4) is 0 Å². The summed E-state index contributed by atoms with van der Waals surface area (Å²) in [6.45, 7) is 3.19. The summed E-state index contributed by atoms with van der Waals surface area (Å²) in [6.07, 6.45) is 0. The maximum absolute atomic E-state index is 13.5. The summed E-state index contributed by atoms with van der Waals surface area (Å²) < 4.78 is 0.688. The number of carbonyl (C=O) groups is 1. The number of nitro groups is 1. The minimum absolute atomic E-state index is 0. The van der Waals surface area contributed by atoms with Crippen LogP contribution in [-0.2, 0) is 0 Å². The minimum atomic E-state index is -0.425. The first-order valence-corrected chi connectivity index (χ1v) is 10.9. The normalized spacial score (nSPS) is 10.8. The molecule has 3 aromatic rings. The Balaban J connectivity index is 0.00000320. The van der Waals surface area contributed by atoms with Crippen LogP contribution < -0.4 is 4.90 Å². The maximum atomic E-state index is 13.5. The molecule has 0 spiro atoms. The standard InChI is InChI=1S/C20H22N4O3S2.ClH/c1-4-28-17-8-6-5-7-15(17)19(25)23(12-11-22(2)3)20-21-16-10-9-14(24(26)27)13-18(16)29-20;/h5-10,13H,4,11-12H2,1-3H3;1H. The average molecular weight is 467 g/mol. The first-order chi connectivity index (χ1) is 13.9. The number of thioether (sulfide) groups is 1. The quantitative estimate of drug-likeness (QED) is 0.265. The van der Waals surface area contributed by atoms with Gasteiger partial charge in [0.25, 0.3) is 11.6 Å². The summed E-state index contributed by atoms with van der Waals surface area (Å²) in [6, 6.07) is 12.1. The number of halogens is 1. The molecule has 3 rings (SSSR count). The van der Waals surface area contributed by atoms with Crippen LogP contribution in [0, 0.1) is 10.1 Å². The summed E-state index contributed by atoms with van der Waals surface area (Å²) in [7, 11) is 3.90. The summed E-state index contributed by atoms with van der Waals surface area (Å²) in [5.41, 5.74) is 1.31. The molecule has 0 aliphatic rings. The Morgan fingerprint density at radius 2 is 1.93 bits per heavy atom. The topological polar surface area (TPSA) is 79.6 Å². The first-order valence-electron chi connectivity index (χ1n) is 9.14. The van der Waals surface area contributed by atoms with E-state index in [1.165, 1.54) is 23.5 Å². The highest BCUT2D eigenvalue weighted by molar-refractivity contribution is 7.99. The van der Waals surface area contributed by atoms with Crippen molar-refractivity contribution in [3.63, 3.8) is 0 Å². The molecule has 0 N–H and O–H groups in total. The predicted molar refractivity (Wildman–Crippen MR) is 127 cm³/mol. The highest BCUT2D eigenvalue weighted by atomic mass is 35.5. The number of non-ortho nitro benzene ring substituents is 1. The number of anilines is 1. The molecule has 0 bridgehead atoms. The highest BCUT2D eigenvalue weighted by Gasteiger charge is 2.24. The second kappa shape index (κ2) is 10.7. The van der Waals surface area contributed by atoms with Crippen LogP contribution in [0.3, 0.4) is 0 Å². The molecule has 0 saturated heterocycles. The highest BCUT2D eigenvalue weighted by Crippen LogP contribution is 2.33. The lowest BCUT2D eigenvalue weighted by Crippen LogP contribution is -2.37. The Bertz CT molecular complexity index is 1040. The van der Waals surface area contributed by atoms with Crippen LogP contribution in [0.4, 0.5) is 10.8 Å². The van der Waals surface area contributed by atoms with E-state index in [2.05, 4.69) is 11.9 Å². The molecule has 0 atom stereocenters. The smallest absolute Gasteiger partial charge is 0.270 e. The van der Waals surface area contributed by atoms with E-state index in [1.54, 1.807) is 22.7 Å². The van der Waals surface area contributed by atoms with Gasteiger partial charge in [-0.1, -0.05) is 30.4 Å².